The predicted octanol–water partition coefficient (Wildman–Crippen LogP) is 6.62. The number of benzene rings is 2. The maximum Gasteiger partial charge on any atom is 0.445 e. The smallest absolute Gasteiger partial charge is 0.445 e. The van der Waals surface area contributed by atoms with Crippen LogP contribution >= 0.6 is 11.3 Å². The molecule has 3 aromatic rings. The third kappa shape index (κ3) is 7.72. The van der Waals surface area contributed by atoms with E-state index in [1.807, 2.05) is 12.1 Å². The lowest BCUT2D eigenvalue weighted by Gasteiger charge is -2.22. The maximum atomic E-state index is 12.7. The second kappa shape index (κ2) is 13.3. The standard InChI is InChI=1S/C28H27F3N4O4S/c1-37-24-16-18(15-21(17-32)25(36)33-27-35-34-26(40-27)28(29,30)31)7-12-23(24)39-14-13-38-22-10-8-20(9-11-22)19-5-3-2-4-6-19/h7-12,15-16,19H,2-6,13-14H2,1H3,(H,33,35,36)/b21-15-. The molecule has 0 radical (unpaired) electrons. The minimum atomic E-state index is -4.68. The lowest BCUT2D eigenvalue weighted by molar-refractivity contribution is -0.138. The molecule has 1 saturated carbocycles. The summed E-state index contributed by atoms with van der Waals surface area (Å²) < 4.78 is 55.1. The van der Waals surface area contributed by atoms with E-state index in [-0.39, 0.29) is 28.6 Å². The quantitative estimate of drug-likeness (QED) is 0.165. The molecule has 210 valence electrons. The first-order valence-electron chi connectivity index (χ1n) is 12.6. The van der Waals surface area contributed by atoms with Crippen LogP contribution < -0.4 is 19.5 Å². The van der Waals surface area contributed by atoms with E-state index in [0.29, 0.717) is 29.6 Å². The highest BCUT2D eigenvalue weighted by molar-refractivity contribution is 7.15. The molecule has 2 aromatic carbocycles. The van der Waals surface area contributed by atoms with Gasteiger partial charge in [0.25, 0.3) is 5.91 Å². The van der Waals surface area contributed by atoms with Crippen molar-refractivity contribution in [3.05, 3.63) is 64.2 Å². The van der Waals surface area contributed by atoms with E-state index in [1.165, 1.54) is 50.9 Å². The molecule has 1 heterocycles. The second-order valence-electron chi connectivity index (χ2n) is 9.05. The number of alkyl halides is 3. The number of aromatic nitrogens is 2. The molecule has 40 heavy (non-hydrogen) atoms. The van der Waals surface area contributed by atoms with Crippen molar-refractivity contribution in [1.29, 1.82) is 5.26 Å². The van der Waals surface area contributed by atoms with Gasteiger partial charge in [-0.3, -0.25) is 10.1 Å². The van der Waals surface area contributed by atoms with Crippen molar-refractivity contribution in [2.45, 2.75) is 44.2 Å². The summed E-state index contributed by atoms with van der Waals surface area (Å²) in [4.78, 5) is 12.4. The number of nitrogens with zero attached hydrogens (tertiary/aromatic N) is 3. The van der Waals surface area contributed by atoms with E-state index in [2.05, 4.69) is 27.6 Å². The van der Waals surface area contributed by atoms with Gasteiger partial charge in [-0.25, -0.2) is 0 Å². The van der Waals surface area contributed by atoms with Gasteiger partial charge in [0.15, 0.2) is 11.5 Å². The molecule has 1 N–H and O–H groups in total. The molecule has 1 aliphatic rings. The number of nitrogens with one attached hydrogen (secondary N) is 1. The molecule has 8 nitrogen and oxygen atoms in total. The summed E-state index contributed by atoms with van der Waals surface area (Å²) in [6, 6.07) is 14.8. The highest BCUT2D eigenvalue weighted by Crippen LogP contribution is 2.34. The zero-order valence-electron chi connectivity index (χ0n) is 21.7. The first-order chi connectivity index (χ1) is 19.3. The van der Waals surface area contributed by atoms with E-state index >= 15 is 0 Å². The van der Waals surface area contributed by atoms with Crippen LogP contribution in [0.1, 0.15) is 54.2 Å². The summed E-state index contributed by atoms with van der Waals surface area (Å²) >= 11 is 0.162. The number of hydrogen-bond donors (Lipinski definition) is 1. The fourth-order valence-electron chi connectivity index (χ4n) is 4.34. The van der Waals surface area contributed by atoms with Gasteiger partial charge in [0.05, 0.1) is 7.11 Å². The molecular formula is C28H27F3N4O4S. The summed E-state index contributed by atoms with van der Waals surface area (Å²) in [5.41, 5.74) is 1.45. The molecule has 0 spiro atoms. The van der Waals surface area contributed by atoms with Crippen LogP contribution in [-0.4, -0.2) is 36.4 Å². The summed E-state index contributed by atoms with van der Waals surface area (Å²) in [6.45, 7) is 0.567. The fourth-order valence-corrected chi connectivity index (χ4v) is 4.95. The predicted molar refractivity (Wildman–Crippen MR) is 143 cm³/mol. The summed E-state index contributed by atoms with van der Waals surface area (Å²) in [5.74, 6) is 1.28. The Morgan fingerprint density at radius 2 is 1.80 bits per heavy atom. The number of amides is 1. The summed E-state index contributed by atoms with van der Waals surface area (Å²) in [5, 5.41) is 16.3. The third-order valence-electron chi connectivity index (χ3n) is 6.32. The van der Waals surface area contributed by atoms with Crippen LogP contribution in [0.4, 0.5) is 18.3 Å². The van der Waals surface area contributed by atoms with Crippen molar-refractivity contribution < 1.29 is 32.2 Å². The van der Waals surface area contributed by atoms with Gasteiger partial charge in [-0.05, 0) is 60.2 Å². The Kier molecular flexibility index (Phi) is 9.60. The molecule has 4 rings (SSSR count). The van der Waals surface area contributed by atoms with Crippen molar-refractivity contribution in [2.24, 2.45) is 0 Å². The molecule has 1 fully saturated rings. The van der Waals surface area contributed by atoms with Crippen LogP contribution in [0, 0.1) is 11.3 Å². The molecule has 1 aromatic heterocycles. The van der Waals surface area contributed by atoms with Crippen LogP contribution in [0.15, 0.2) is 48.0 Å². The minimum absolute atomic E-state index is 0.162. The number of ether oxygens (including phenoxy) is 3. The van der Waals surface area contributed by atoms with E-state index in [1.54, 1.807) is 24.3 Å². The zero-order chi connectivity index (χ0) is 28.5. The van der Waals surface area contributed by atoms with E-state index in [9.17, 15) is 23.2 Å². The monoisotopic (exact) mass is 572 g/mol. The van der Waals surface area contributed by atoms with Crippen LogP contribution in [0.5, 0.6) is 17.2 Å². The van der Waals surface area contributed by atoms with Crippen molar-refractivity contribution in [3.63, 3.8) is 0 Å². The number of nitriles is 1. The molecule has 1 amide bonds. The molecule has 1 aliphatic carbocycles. The normalized spacial score (nSPS) is 14.3. The van der Waals surface area contributed by atoms with Crippen LogP contribution in [0.25, 0.3) is 6.08 Å². The Labute approximate surface area is 233 Å². The van der Waals surface area contributed by atoms with Crippen LogP contribution in [0.3, 0.4) is 0 Å². The van der Waals surface area contributed by atoms with Crippen molar-refractivity contribution in [3.8, 4) is 23.3 Å². The summed E-state index contributed by atoms with van der Waals surface area (Å²) in [6.07, 6.45) is 2.97. The van der Waals surface area contributed by atoms with Gasteiger partial charge in [0.1, 0.15) is 30.6 Å². The molecule has 0 atom stereocenters. The molecule has 0 bridgehead atoms. The van der Waals surface area contributed by atoms with Gasteiger partial charge >= 0.3 is 6.18 Å². The maximum absolute atomic E-state index is 12.7. The van der Waals surface area contributed by atoms with Crippen LogP contribution in [-0.2, 0) is 11.0 Å². The number of hydrogen-bond acceptors (Lipinski definition) is 8. The van der Waals surface area contributed by atoms with E-state index in [4.69, 9.17) is 14.2 Å². The van der Waals surface area contributed by atoms with Gasteiger partial charge in [-0.15, -0.1) is 10.2 Å². The number of methoxy groups -OCH3 is 1. The highest BCUT2D eigenvalue weighted by atomic mass is 32.1. The van der Waals surface area contributed by atoms with Gasteiger partial charge in [-0.2, -0.15) is 18.4 Å². The zero-order valence-corrected chi connectivity index (χ0v) is 22.5. The van der Waals surface area contributed by atoms with E-state index in [0.717, 1.165) is 5.75 Å². The van der Waals surface area contributed by atoms with Gasteiger partial charge in [0.2, 0.25) is 10.1 Å². The second-order valence-corrected chi connectivity index (χ2v) is 10.0. The first kappa shape index (κ1) is 28.9. The Bertz CT molecular complexity index is 1380. The van der Waals surface area contributed by atoms with Crippen molar-refractivity contribution in [2.75, 3.05) is 25.6 Å². The highest BCUT2D eigenvalue weighted by Gasteiger charge is 2.36. The van der Waals surface area contributed by atoms with Crippen molar-refractivity contribution in [1.82, 2.24) is 10.2 Å². The Hall–Kier alpha value is -4.11. The third-order valence-corrected chi connectivity index (χ3v) is 7.20. The number of halogens is 3. The number of carbonyl (C=O) groups is 1. The van der Waals surface area contributed by atoms with Gasteiger partial charge in [0, 0.05) is 0 Å². The topological polar surface area (TPSA) is 106 Å². The first-order valence-corrected chi connectivity index (χ1v) is 13.5. The van der Waals surface area contributed by atoms with Crippen LogP contribution in [0.2, 0.25) is 0 Å². The largest absolute Gasteiger partial charge is 0.493 e. The molecule has 0 aliphatic heterocycles. The lowest BCUT2D eigenvalue weighted by Crippen LogP contribution is -2.13. The molecular weight excluding hydrogens is 545 g/mol. The average Bonchev–Trinajstić information content (AvgIpc) is 3.44. The lowest BCUT2D eigenvalue weighted by atomic mass is 9.84. The van der Waals surface area contributed by atoms with Gasteiger partial charge < -0.3 is 14.2 Å². The summed E-state index contributed by atoms with van der Waals surface area (Å²) in [7, 11) is 1.45. The molecule has 0 unspecified atom stereocenters. The minimum Gasteiger partial charge on any atom is -0.493 e. The number of rotatable bonds is 10. The SMILES string of the molecule is COc1cc(/C=C(/C#N)C(=O)Nc2nnc(C(F)(F)F)s2)ccc1OCCOc1ccc(C2CCCCC2)cc1. The van der Waals surface area contributed by atoms with Gasteiger partial charge in [-0.1, -0.05) is 48.8 Å². The Morgan fingerprint density at radius 3 is 2.45 bits per heavy atom. The van der Waals surface area contributed by atoms with Crippen molar-refractivity contribution >= 4 is 28.5 Å². The Morgan fingerprint density at radius 1 is 1.07 bits per heavy atom. The fraction of sp³-hybridized carbons (Fsp3) is 0.357. The number of anilines is 1. The van der Waals surface area contributed by atoms with E-state index < -0.39 is 17.1 Å². The number of carbonyl (C=O) groups excluding carboxylic acids is 1. The average molecular weight is 573 g/mol. The molecule has 12 heteroatoms. The molecule has 0 saturated heterocycles. The Balaban J connectivity index is 1.31.